The first-order valence-corrected chi connectivity index (χ1v) is 3.50. The van der Waals surface area contributed by atoms with Crippen LogP contribution in [0.2, 0.25) is 0 Å². The smallest absolute Gasteiger partial charge is 0.508 e. The molecule has 0 saturated carbocycles. The molecule has 1 aromatic carbocycles. The predicted octanol–water partition coefficient (Wildman–Crippen LogP) is 0.174. The zero-order valence-electron chi connectivity index (χ0n) is 6.97. The summed E-state index contributed by atoms with van der Waals surface area (Å²) in [4.78, 5) is 0. The predicted molar refractivity (Wildman–Crippen MR) is 41.5 cm³/mol. The summed E-state index contributed by atoms with van der Waals surface area (Å²) in [6, 6.07) is 0. The van der Waals surface area contributed by atoms with Gasteiger partial charge in [0.05, 0.1) is 0 Å². The van der Waals surface area contributed by atoms with Gasteiger partial charge >= 0.3 is 7.32 Å². The van der Waals surface area contributed by atoms with E-state index in [2.05, 4.69) is 4.65 Å². The minimum Gasteiger partial charge on any atom is -0.508 e. The van der Waals surface area contributed by atoms with Crippen LogP contribution in [0.5, 0.6) is 5.75 Å². The van der Waals surface area contributed by atoms with Crippen LogP contribution in [-0.4, -0.2) is 17.4 Å². The Morgan fingerprint density at radius 2 is 1.40 bits per heavy atom. The molecular formula is C6H4BF4NO3. The Bertz CT molecular complexity index is 371. The molecule has 82 valence electrons. The Balaban J connectivity index is 3.39. The topological polar surface area (TPSA) is 75.7 Å². The first-order valence-electron chi connectivity index (χ1n) is 3.50. The molecule has 9 heteroatoms. The van der Waals surface area contributed by atoms with E-state index >= 15 is 0 Å². The highest BCUT2D eigenvalue weighted by Gasteiger charge is 2.27. The van der Waals surface area contributed by atoms with Crippen LogP contribution in [0.15, 0.2) is 0 Å². The molecule has 0 bridgehead atoms. The van der Waals surface area contributed by atoms with Crippen molar-refractivity contribution in [2.24, 2.45) is 0 Å². The maximum absolute atomic E-state index is 12.9. The van der Waals surface area contributed by atoms with E-state index in [1.54, 1.807) is 0 Å². The Morgan fingerprint density at radius 3 is 1.87 bits per heavy atom. The molecule has 0 amide bonds. The van der Waals surface area contributed by atoms with Crippen LogP contribution >= 0.6 is 0 Å². The zero-order valence-corrected chi connectivity index (χ0v) is 6.97. The van der Waals surface area contributed by atoms with Crippen LogP contribution in [-0.2, 0) is 0 Å². The molecular weight excluding hydrogens is 221 g/mol. The molecule has 0 fully saturated rings. The number of anilines is 1. The summed E-state index contributed by atoms with van der Waals surface area (Å²) in [6.45, 7) is 0. The molecule has 0 heterocycles. The molecule has 0 aromatic heterocycles. The van der Waals surface area contributed by atoms with Gasteiger partial charge in [-0.25, -0.2) is 13.2 Å². The first-order chi connectivity index (χ1) is 6.86. The fourth-order valence-electron chi connectivity index (χ4n) is 0.849. The van der Waals surface area contributed by atoms with Gasteiger partial charge in [0.25, 0.3) is 0 Å². The molecule has 0 unspecified atom stereocenters. The summed E-state index contributed by atoms with van der Waals surface area (Å²) in [6.07, 6.45) is 0. The lowest BCUT2D eigenvalue weighted by molar-refractivity contribution is 0.277. The number of hydrogen-bond donors (Lipinski definition) is 3. The van der Waals surface area contributed by atoms with E-state index in [0.29, 0.717) is 0 Å². The molecule has 0 atom stereocenters. The minimum atomic E-state index is -2.54. The Labute approximate surface area is 81.1 Å². The van der Waals surface area contributed by atoms with E-state index in [1.807, 2.05) is 0 Å². The summed E-state index contributed by atoms with van der Waals surface area (Å²) in [5.41, 5.74) is 3.64. The fourth-order valence-corrected chi connectivity index (χ4v) is 0.849. The highest BCUT2D eigenvalue weighted by atomic mass is 19.2. The maximum Gasteiger partial charge on any atom is 0.707 e. The van der Waals surface area contributed by atoms with Gasteiger partial charge in [-0.05, 0) is 0 Å². The molecule has 0 aliphatic carbocycles. The highest BCUT2D eigenvalue weighted by molar-refractivity contribution is 6.34. The number of rotatable bonds is 2. The normalized spacial score (nSPS) is 10.3. The highest BCUT2D eigenvalue weighted by Crippen LogP contribution is 2.32. The average Bonchev–Trinajstić information content (AvgIpc) is 2.18. The molecule has 1 rings (SSSR count). The van der Waals surface area contributed by atoms with Crippen LogP contribution in [0.25, 0.3) is 0 Å². The van der Waals surface area contributed by atoms with Gasteiger partial charge in [-0.2, -0.15) is 4.39 Å². The van der Waals surface area contributed by atoms with Crippen LogP contribution in [0.3, 0.4) is 0 Å². The first kappa shape index (κ1) is 11.6. The van der Waals surface area contributed by atoms with Gasteiger partial charge in [0.1, 0.15) is 5.69 Å². The Morgan fingerprint density at radius 1 is 0.933 bits per heavy atom. The van der Waals surface area contributed by atoms with Gasteiger partial charge < -0.3 is 20.4 Å². The van der Waals surface area contributed by atoms with Crippen molar-refractivity contribution >= 4 is 13.0 Å². The number of halogens is 4. The Hall–Kier alpha value is -1.48. The lowest BCUT2D eigenvalue weighted by atomic mass is 10.2. The van der Waals surface area contributed by atoms with Crippen molar-refractivity contribution in [1.29, 1.82) is 0 Å². The number of hydrogen-bond acceptors (Lipinski definition) is 4. The molecule has 0 spiro atoms. The third-order valence-corrected chi connectivity index (χ3v) is 1.48. The van der Waals surface area contributed by atoms with E-state index in [9.17, 15) is 17.6 Å². The van der Waals surface area contributed by atoms with E-state index in [0.717, 1.165) is 0 Å². The average molecular weight is 225 g/mol. The van der Waals surface area contributed by atoms with Crippen molar-refractivity contribution < 1.29 is 32.3 Å². The number of nitrogens with two attached hydrogens (primary N) is 1. The molecule has 1 aromatic rings. The van der Waals surface area contributed by atoms with Gasteiger partial charge in [-0.3, -0.25) is 0 Å². The third kappa shape index (κ3) is 1.97. The second-order valence-corrected chi connectivity index (χ2v) is 2.44. The standard InChI is InChI=1S/C6H4BF4NO3/c8-1-2(9)4(11)6(15-7(13)14)5(12)3(1)10/h13-14H,12H2. The summed E-state index contributed by atoms with van der Waals surface area (Å²) in [5, 5.41) is 16.6. The molecule has 15 heavy (non-hydrogen) atoms. The molecule has 0 aliphatic rings. The molecule has 0 radical (unpaired) electrons. The lowest BCUT2D eigenvalue weighted by Crippen LogP contribution is -2.23. The summed E-state index contributed by atoms with van der Waals surface area (Å²) in [7, 11) is -2.54. The van der Waals surface area contributed by atoms with Gasteiger partial charge in [0.15, 0.2) is 17.4 Å². The largest absolute Gasteiger partial charge is 0.707 e. The van der Waals surface area contributed by atoms with E-state index in [-0.39, 0.29) is 0 Å². The second-order valence-electron chi connectivity index (χ2n) is 2.44. The maximum atomic E-state index is 12.9. The van der Waals surface area contributed by atoms with Gasteiger partial charge in [-0.15, -0.1) is 0 Å². The third-order valence-electron chi connectivity index (χ3n) is 1.48. The lowest BCUT2D eigenvalue weighted by Gasteiger charge is -2.10. The van der Waals surface area contributed by atoms with Crippen LogP contribution < -0.4 is 10.4 Å². The van der Waals surface area contributed by atoms with E-state index < -0.39 is 42.0 Å². The quantitative estimate of drug-likeness (QED) is 0.220. The van der Waals surface area contributed by atoms with E-state index in [4.69, 9.17) is 15.8 Å². The fraction of sp³-hybridized carbons (Fsp3) is 0. The number of benzene rings is 1. The monoisotopic (exact) mass is 225 g/mol. The molecule has 4 N–H and O–H groups in total. The van der Waals surface area contributed by atoms with Crippen LogP contribution in [0.1, 0.15) is 0 Å². The second kappa shape index (κ2) is 3.95. The Kier molecular flexibility index (Phi) is 3.05. The van der Waals surface area contributed by atoms with Crippen LogP contribution in [0.4, 0.5) is 23.2 Å². The molecule has 0 saturated heterocycles. The zero-order chi connectivity index (χ0) is 11.7. The van der Waals surface area contributed by atoms with Crippen molar-refractivity contribution in [2.75, 3.05) is 5.73 Å². The summed E-state index contributed by atoms with van der Waals surface area (Å²) < 4.78 is 54.6. The minimum absolute atomic E-state index is 1.19. The van der Waals surface area contributed by atoms with Crippen molar-refractivity contribution in [3.05, 3.63) is 23.3 Å². The molecule has 4 nitrogen and oxygen atoms in total. The van der Waals surface area contributed by atoms with Gasteiger partial charge in [0.2, 0.25) is 11.6 Å². The van der Waals surface area contributed by atoms with Gasteiger partial charge in [0, 0.05) is 0 Å². The van der Waals surface area contributed by atoms with E-state index in [1.165, 1.54) is 0 Å². The molecule has 0 aliphatic heterocycles. The van der Waals surface area contributed by atoms with Crippen molar-refractivity contribution in [3.63, 3.8) is 0 Å². The van der Waals surface area contributed by atoms with Crippen molar-refractivity contribution in [3.8, 4) is 5.75 Å². The summed E-state index contributed by atoms with van der Waals surface area (Å²) >= 11 is 0. The summed E-state index contributed by atoms with van der Waals surface area (Å²) in [5.74, 6) is -9.38. The van der Waals surface area contributed by atoms with Crippen molar-refractivity contribution in [2.45, 2.75) is 0 Å². The SMILES string of the molecule is Nc1c(F)c(F)c(F)c(F)c1OB(O)O. The van der Waals surface area contributed by atoms with Crippen molar-refractivity contribution in [1.82, 2.24) is 0 Å². The number of nitrogen functional groups attached to an aromatic ring is 1. The van der Waals surface area contributed by atoms with Crippen LogP contribution in [0, 0.1) is 23.3 Å². The van der Waals surface area contributed by atoms with Gasteiger partial charge in [-0.1, -0.05) is 0 Å².